The van der Waals surface area contributed by atoms with Gasteiger partial charge in [0.15, 0.2) is 28.8 Å². The minimum Gasteiger partial charge on any atom is -0.493 e. The Morgan fingerprint density at radius 1 is 0.810 bits per heavy atom. The number of methoxy groups -OCH3 is 5. The number of hydrogen-bond acceptors (Lipinski definition) is 8. The van der Waals surface area contributed by atoms with Crippen molar-refractivity contribution in [1.82, 2.24) is 9.80 Å². The molecule has 1 heterocycles. The molecule has 0 aromatic heterocycles. The van der Waals surface area contributed by atoms with Crippen LogP contribution in [0, 0.1) is 5.92 Å². The standard InChI is InChI=1S/C32H40N2O8/c1-33(2)32(37)24-14-20(29(35)23-17-27(40-5)30(42-7)28(18-23)41-6)11-12-34(24)31(36)21-10-8-9-19-15-25(38-3)26(39-4)16-22(19)13-21/h13,15-18,20,24H,8-12,14H2,1-7H3. The third kappa shape index (κ3) is 6.03. The number of ether oxygens (including phenoxy) is 5. The highest BCUT2D eigenvalue weighted by atomic mass is 16.5. The maximum absolute atomic E-state index is 14.0. The number of nitrogens with zero attached hydrogens (tertiary/aromatic N) is 2. The average Bonchev–Trinajstić information content (AvgIpc) is 3.23. The second-order valence-electron chi connectivity index (χ2n) is 10.7. The lowest BCUT2D eigenvalue weighted by molar-refractivity contribution is -0.144. The zero-order chi connectivity index (χ0) is 30.6. The van der Waals surface area contributed by atoms with E-state index in [1.807, 2.05) is 18.2 Å². The normalized spacial score (nSPS) is 18.2. The van der Waals surface area contributed by atoms with E-state index in [4.69, 9.17) is 23.7 Å². The van der Waals surface area contributed by atoms with E-state index >= 15 is 0 Å². The lowest BCUT2D eigenvalue weighted by Gasteiger charge is -2.39. The predicted octanol–water partition coefficient (Wildman–Crippen LogP) is 4.03. The Morgan fingerprint density at radius 3 is 2.00 bits per heavy atom. The molecule has 1 aliphatic carbocycles. The van der Waals surface area contributed by atoms with Crippen LogP contribution in [0.3, 0.4) is 0 Å². The summed E-state index contributed by atoms with van der Waals surface area (Å²) in [6.07, 6.45) is 4.68. The molecular weight excluding hydrogens is 540 g/mol. The molecule has 1 aliphatic heterocycles. The van der Waals surface area contributed by atoms with Gasteiger partial charge in [-0.3, -0.25) is 14.4 Å². The number of rotatable bonds is 9. The topological polar surface area (TPSA) is 104 Å². The lowest BCUT2D eigenvalue weighted by Crippen LogP contribution is -2.54. The number of ketones is 1. The van der Waals surface area contributed by atoms with Gasteiger partial charge in [0.05, 0.1) is 35.5 Å². The SMILES string of the molecule is COc1cc2c(cc1OC)CCCC(C(=O)N1CCC(C(=O)c3cc(OC)c(OC)c(OC)c3)CC1C(=O)N(C)C)=C2. The van der Waals surface area contributed by atoms with Crippen molar-refractivity contribution in [3.8, 4) is 28.7 Å². The highest BCUT2D eigenvalue weighted by Crippen LogP contribution is 2.40. The van der Waals surface area contributed by atoms with Crippen molar-refractivity contribution in [2.45, 2.75) is 38.1 Å². The summed E-state index contributed by atoms with van der Waals surface area (Å²) in [6, 6.07) is 6.32. The van der Waals surface area contributed by atoms with E-state index in [1.54, 1.807) is 45.3 Å². The Hall–Kier alpha value is -4.21. The second-order valence-corrected chi connectivity index (χ2v) is 10.7. The Balaban J connectivity index is 1.63. The number of amides is 2. The van der Waals surface area contributed by atoms with Gasteiger partial charge in [-0.1, -0.05) is 0 Å². The minimum absolute atomic E-state index is 0.137. The van der Waals surface area contributed by atoms with Gasteiger partial charge in [-0.25, -0.2) is 0 Å². The summed E-state index contributed by atoms with van der Waals surface area (Å²) in [5.74, 6) is 1.39. The highest BCUT2D eigenvalue weighted by Gasteiger charge is 2.40. The summed E-state index contributed by atoms with van der Waals surface area (Å²) in [5, 5.41) is 0. The summed E-state index contributed by atoms with van der Waals surface area (Å²) < 4.78 is 27.2. The summed E-state index contributed by atoms with van der Waals surface area (Å²) in [5.41, 5.74) is 3.01. The first-order chi connectivity index (χ1) is 20.2. The zero-order valence-corrected chi connectivity index (χ0v) is 25.4. The van der Waals surface area contributed by atoms with Crippen molar-refractivity contribution in [3.05, 3.63) is 46.5 Å². The van der Waals surface area contributed by atoms with Crippen LogP contribution in [-0.4, -0.2) is 89.6 Å². The Bertz CT molecular complexity index is 1360. The molecule has 2 aromatic carbocycles. The monoisotopic (exact) mass is 580 g/mol. The van der Waals surface area contributed by atoms with E-state index in [9.17, 15) is 14.4 Å². The van der Waals surface area contributed by atoms with E-state index in [0.29, 0.717) is 52.7 Å². The number of likely N-dealkylation sites (N-methyl/N-ethyl adjacent to an activating group) is 1. The average molecular weight is 581 g/mol. The molecule has 2 aromatic rings. The number of benzene rings is 2. The smallest absolute Gasteiger partial charge is 0.250 e. The third-order valence-electron chi connectivity index (χ3n) is 8.05. The molecular formula is C32H40N2O8. The van der Waals surface area contributed by atoms with Crippen LogP contribution in [-0.2, 0) is 16.0 Å². The van der Waals surface area contributed by atoms with Gasteiger partial charge in [-0.05, 0) is 73.6 Å². The first kappa shape index (κ1) is 30.7. The fraction of sp³-hybridized carbons (Fsp3) is 0.469. The quantitative estimate of drug-likeness (QED) is 0.410. The molecule has 0 bridgehead atoms. The van der Waals surface area contributed by atoms with Crippen molar-refractivity contribution < 1.29 is 38.1 Å². The highest BCUT2D eigenvalue weighted by molar-refractivity contribution is 6.02. The Kier molecular flexibility index (Phi) is 9.65. The first-order valence-electron chi connectivity index (χ1n) is 14.0. The summed E-state index contributed by atoms with van der Waals surface area (Å²) >= 11 is 0. The van der Waals surface area contributed by atoms with Crippen LogP contribution < -0.4 is 23.7 Å². The van der Waals surface area contributed by atoms with Gasteiger partial charge in [-0.15, -0.1) is 0 Å². The van der Waals surface area contributed by atoms with Crippen LogP contribution in [0.15, 0.2) is 29.8 Å². The molecule has 2 aliphatic rings. The lowest BCUT2D eigenvalue weighted by atomic mass is 9.84. The summed E-state index contributed by atoms with van der Waals surface area (Å²) in [4.78, 5) is 44.3. The molecule has 0 spiro atoms. The van der Waals surface area contributed by atoms with Gasteiger partial charge >= 0.3 is 0 Å². The fourth-order valence-electron chi connectivity index (χ4n) is 5.81. The van der Waals surface area contributed by atoms with Crippen LogP contribution in [0.4, 0.5) is 0 Å². The van der Waals surface area contributed by atoms with Gasteiger partial charge < -0.3 is 33.5 Å². The first-order valence-corrected chi connectivity index (χ1v) is 14.0. The molecule has 2 unspecified atom stereocenters. The Morgan fingerprint density at radius 2 is 1.43 bits per heavy atom. The van der Waals surface area contributed by atoms with Crippen LogP contribution >= 0.6 is 0 Å². The molecule has 0 radical (unpaired) electrons. The largest absolute Gasteiger partial charge is 0.493 e. The molecule has 0 saturated carbocycles. The molecule has 226 valence electrons. The van der Waals surface area contributed by atoms with Gasteiger partial charge in [-0.2, -0.15) is 0 Å². The zero-order valence-electron chi connectivity index (χ0n) is 25.4. The molecule has 10 heteroatoms. The number of Topliss-reactive ketones (excluding diaryl/α,β-unsaturated/α-hetero) is 1. The van der Waals surface area contributed by atoms with Gasteiger partial charge in [0.2, 0.25) is 17.6 Å². The number of hydrogen-bond donors (Lipinski definition) is 0. The van der Waals surface area contributed by atoms with Crippen LogP contribution in [0.5, 0.6) is 28.7 Å². The van der Waals surface area contributed by atoms with Crippen molar-refractivity contribution >= 4 is 23.7 Å². The van der Waals surface area contributed by atoms with Gasteiger partial charge in [0.1, 0.15) is 6.04 Å². The maximum atomic E-state index is 14.0. The molecule has 4 rings (SSSR count). The van der Waals surface area contributed by atoms with E-state index in [-0.39, 0.29) is 30.6 Å². The third-order valence-corrected chi connectivity index (χ3v) is 8.05. The second kappa shape index (κ2) is 13.2. The van der Waals surface area contributed by atoms with Gasteiger partial charge in [0.25, 0.3) is 0 Å². The van der Waals surface area contributed by atoms with Crippen molar-refractivity contribution in [2.75, 3.05) is 56.2 Å². The minimum atomic E-state index is -0.772. The molecule has 1 fully saturated rings. The van der Waals surface area contributed by atoms with Crippen LogP contribution in [0.25, 0.3) is 6.08 Å². The van der Waals surface area contributed by atoms with Crippen LogP contribution in [0.1, 0.15) is 47.2 Å². The van der Waals surface area contributed by atoms with E-state index in [0.717, 1.165) is 24.0 Å². The summed E-state index contributed by atoms with van der Waals surface area (Å²) in [7, 11) is 11.0. The number of likely N-dealkylation sites (tertiary alicyclic amines) is 1. The number of aryl methyl sites for hydroxylation is 1. The van der Waals surface area contributed by atoms with E-state index in [2.05, 4.69) is 0 Å². The predicted molar refractivity (Wildman–Crippen MR) is 158 cm³/mol. The number of carbonyl (C=O) groups excluding carboxylic acids is 3. The van der Waals surface area contributed by atoms with Crippen molar-refractivity contribution in [2.24, 2.45) is 5.92 Å². The summed E-state index contributed by atoms with van der Waals surface area (Å²) in [6.45, 7) is 0.278. The van der Waals surface area contributed by atoms with Crippen LogP contribution in [0.2, 0.25) is 0 Å². The number of fused-ring (bicyclic) bond motifs is 1. The fourth-order valence-corrected chi connectivity index (χ4v) is 5.81. The number of piperidine rings is 1. The number of carbonyl (C=O) groups is 3. The molecule has 1 saturated heterocycles. The maximum Gasteiger partial charge on any atom is 0.250 e. The molecule has 2 amide bonds. The van der Waals surface area contributed by atoms with Gasteiger partial charge in [0, 0.05) is 37.7 Å². The van der Waals surface area contributed by atoms with Crippen molar-refractivity contribution in [1.29, 1.82) is 0 Å². The molecule has 2 atom stereocenters. The Labute approximate surface area is 247 Å². The van der Waals surface area contributed by atoms with E-state index in [1.165, 1.54) is 26.2 Å². The molecule has 10 nitrogen and oxygen atoms in total. The van der Waals surface area contributed by atoms with E-state index < -0.39 is 12.0 Å². The van der Waals surface area contributed by atoms with Crippen molar-refractivity contribution in [3.63, 3.8) is 0 Å². The molecule has 42 heavy (non-hydrogen) atoms. The molecule has 0 N–H and O–H groups in total.